The maximum Gasteiger partial charge on any atom is 0.0635 e. The molecule has 0 amide bonds. The highest BCUT2D eigenvalue weighted by Crippen LogP contribution is 2.33. The maximum atomic E-state index is 5.32. The Hall–Kier alpha value is -0.0400. The molecule has 2 unspecified atom stereocenters. The van der Waals surface area contributed by atoms with E-state index in [1.54, 1.807) is 0 Å². The Morgan fingerprint density at radius 1 is 1.57 bits per heavy atom. The molecule has 0 N–H and O–H groups in total. The fourth-order valence-electron chi connectivity index (χ4n) is 1.30. The molecule has 2 atom stereocenters. The second-order valence-electron chi connectivity index (χ2n) is 2.35. The van der Waals surface area contributed by atoms with E-state index in [2.05, 4.69) is 6.42 Å². The molecule has 1 saturated carbocycles. The molecule has 0 spiro atoms. The number of fused-ring (bicyclic) bond motifs is 2. The van der Waals surface area contributed by atoms with Gasteiger partial charge in [-0.3, -0.25) is 0 Å². The van der Waals surface area contributed by atoms with Gasteiger partial charge in [-0.05, 0) is 19.3 Å². The lowest BCUT2D eigenvalue weighted by atomic mass is 9.89. The Labute approximate surface area is 43.7 Å². The van der Waals surface area contributed by atoms with Crippen molar-refractivity contribution in [1.29, 1.82) is 0 Å². The van der Waals surface area contributed by atoms with Gasteiger partial charge >= 0.3 is 0 Å². The van der Waals surface area contributed by atoms with Gasteiger partial charge in [0.05, 0.1) is 12.2 Å². The van der Waals surface area contributed by atoms with Crippen LogP contribution in [0.15, 0.2) is 0 Å². The minimum absolute atomic E-state index is 0.554. The van der Waals surface area contributed by atoms with E-state index in [0.29, 0.717) is 12.2 Å². The van der Waals surface area contributed by atoms with Gasteiger partial charge in [0.1, 0.15) is 0 Å². The van der Waals surface area contributed by atoms with Crippen LogP contribution in [0.4, 0.5) is 0 Å². The quantitative estimate of drug-likeness (QED) is 0.440. The van der Waals surface area contributed by atoms with Crippen LogP contribution in [0.3, 0.4) is 0 Å². The zero-order valence-electron chi connectivity index (χ0n) is 4.26. The van der Waals surface area contributed by atoms with Crippen LogP contribution >= 0.6 is 0 Å². The van der Waals surface area contributed by atoms with Crippen LogP contribution in [0.2, 0.25) is 0 Å². The second-order valence-corrected chi connectivity index (χ2v) is 2.35. The fourth-order valence-corrected chi connectivity index (χ4v) is 1.30. The van der Waals surface area contributed by atoms with Crippen molar-refractivity contribution in [2.45, 2.75) is 31.5 Å². The van der Waals surface area contributed by atoms with Crippen molar-refractivity contribution < 1.29 is 4.74 Å². The molecular weight excluding hydrogens is 88.1 g/mol. The third kappa shape index (κ3) is 0.480. The summed E-state index contributed by atoms with van der Waals surface area (Å²) in [7, 11) is 0. The van der Waals surface area contributed by atoms with Crippen molar-refractivity contribution in [3.63, 3.8) is 0 Å². The van der Waals surface area contributed by atoms with E-state index in [1.165, 1.54) is 19.3 Å². The number of hydrogen-bond donors (Lipinski definition) is 0. The smallest absolute Gasteiger partial charge is 0.0635 e. The molecule has 1 radical (unpaired) electrons. The molecular formula is C6H9O. The van der Waals surface area contributed by atoms with Crippen LogP contribution in [-0.2, 0) is 4.74 Å². The number of hydrogen-bond acceptors (Lipinski definition) is 1. The lowest BCUT2D eigenvalue weighted by Gasteiger charge is -2.40. The second kappa shape index (κ2) is 1.22. The minimum Gasteiger partial charge on any atom is -0.374 e. The van der Waals surface area contributed by atoms with Crippen molar-refractivity contribution in [3.05, 3.63) is 6.42 Å². The zero-order chi connectivity index (χ0) is 4.69. The van der Waals surface area contributed by atoms with Gasteiger partial charge in [-0.2, -0.15) is 0 Å². The molecule has 3 aliphatic rings. The maximum absolute atomic E-state index is 5.32. The standard InChI is InChI=1S/C6H9O/c1-2-5-4-6(3-1)7-5/h2,5-6H,1,3-4H2. The van der Waals surface area contributed by atoms with Gasteiger partial charge in [-0.25, -0.2) is 0 Å². The monoisotopic (exact) mass is 97.1 g/mol. The molecule has 3 rings (SSSR count). The van der Waals surface area contributed by atoms with E-state index in [4.69, 9.17) is 4.74 Å². The van der Waals surface area contributed by atoms with Gasteiger partial charge in [0.15, 0.2) is 0 Å². The van der Waals surface area contributed by atoms with Crippen molar-refractivity contribution >= 4 is 0 Å². The molecule has 1 aliphatic carbocycles. The average Bonchev–Trinajstić information content (AvgIpc) is 1.67. The normalized spacial score (nSPS) is 48.0. The summed E-state index contributed by atoms with van der Waals surface area (Å²) in [5.74, 6) is 0. The summed E-state index contributed by atoms with van der Waals surface area (Å²) < 4.78 is 5.32. The Morgan fingerprint density at radius 2 is 2.43 bits per heavy atom. The van der Waals surface area contributed by atoms with E-state index in [1.807, 2.05) is 0 Å². The molecule has 0 aromatic heterocycles. The number of rotatable bonds is 0. The summed E-state index contributed by atoms with van der Waals surface area (Å²) in [4.78, 5) is 0. The Kier molecular flexibility index (Phi) is 0.680. The average molecular weight is 97.1 g/mol. The van der Waals surface area contributed by atoms with E-state index in [-0.39, 0.29) is 0 Å². The van der Waals surface area contributed by atoms with Crippen LogP contribution < -0.4 is 0 Å². The third-order valence-electron chi connectivity index (χ3n) is 1.78. The van der Waals surface area contributed by atoms with Gasteiger partial charge in [-0.15, -0.1) is 0 Å². The largest absolute Gasteiger partial charge is 0.374 e. The molecule has 2 aliphatic heterocycles. The molecule has 1 heteroatoms. The third-order valence-corrected chi connectivity index (χ3v) is 1.78. The predicted octanol–water partition coefficient (Wildman–Crippen LogP) is 1.14. The highest BCUT2D eigenvalue weighted by molar-refractivity contribution is 4.94. The zero-order valence-corrected chi connectivity index (χ0v) is 4.26. The molecule has 39 valence electrons. The van der Waals surface area contributed by atoms with E-state index >= 15 is 0 Å². The molecule has 0 aromatic carbocycles. The highest BCUT2D eigenvalue weighted by atomic mass is 16.5. The first kappa shape index (κ1) is 3.90. The van der Waals surface area contributed by atoms with Crippen LogP contribution in [0.5, 0.6) is 0 Å². The Morgan fingerprint density at radius 3 is 2.57 bits per heavy atom. The molecule has 7 heavy (non-hydrogen) atoms. The first-order chi connectivity index (χ1) is 3.45. The summed E-state index contributed by atoms with van der Waals surface area (Å²) >= 11 is 0. The molecule has 1 nitrogen and oxygen atoms in total. The predicted molar refractivity (Wildman–Crippen MR) is 26.8 cm³/mol. The first-order valence-corrected chi connectivity index (χ1v) is 2.94. The van der Waals surface area contributed by atoms with E-state index < -0.39 is 0 Å². The van der Waals surface area contributed by atoms with Gasteiger partial charge in [0.2, 0.25) is 0 Å². The van der Waals surface area contributed by atoms with Crippen molar-refractivity contribution in [2.75, 3.05) is 0 Å². The van der Waals surface area contributed by atoms with Crippen LogP contribution in [0.1, 0.15) is 19.3 Å². The number of ether oxygens (including phenoxy) is 1. The molecule has 2 bridgehead atoms. The van der Waals surface area contributed by atoms with Gasteiger partial charge in [-0.1, -0.05) is 0 Å². The summed E-state index contributed by atoms with van der Waals surface area (Å²) in [5, 5.41) is 0. The van der Waals surface area contributed by atoms with E-state index in [0.717, 1.165) is 0 Å². The summed E-state index contributed by atoms with van der Waals surface area (Å²) in [5.41, 5.74) is 0. The molecule has 3 fully saturated rings. The van der Waals surface area contributed by atoms with Crippen molar-refractivity contribution in [3.8, 4) is 0 Å². The first-order valence-electron chi connectivity index (χ1n) is 2.94. The van der Waals surface area contributed by atoms with Gasteiger partial charge in [0.25, 0.3) is 0 Å². The molecule has 0 aromatic rings. The fraction of sp³-hybridized carbons (Fsp3) is 0.833. The summed E-state index contributed by atoms with van der Waals surface area (Å²) in [6, 6.07) is 0. The summed E-state index contributed by atoms with van der Waals surface area (Å²) in [6.45, 7) is 0. The summed E-state index contributed by atoms with van der Waals surface area (Å²) in [6.07, 6.45) is 7.35. The SMILES string of the molecule is [CH]1CCC2CC1O2. The van der Waals surface area contributed by atoms with Gasteiger partial charge < -0.3 is 4.74 Å². The van der Waals surface area contributed by atoms with Crippen LogP contribution in [-0.4, -0.2) is 12.2 Å². The van der Waals surface area contributed by atoms with Crippen molar-refractivity contribution in [1.82, 2.24) is 0 Å². The molecule has 2 saturated heterocycles. The van der Waals surface area contributed by atoms with Crippen LogP contribution in [0.25, 0.3) is 0 Å². The highest BCUT2D eigenvalue weighted by Gasteiger charge is 2.33. The Balaban J connectivity index is 1.99. The molecule has 2 heterocycles. The minimum atomic E-state index is 0.554. The lowest BCUT2D eigenvalue weighted by molar-refractivity contribution is -0.129. The lowest BCUT2D eigenvalue weighted by Crippen LogP contribution is -2.41. The van der Waals surface area contributed by atoms with Gasteiger partial charge in [0, 0.05) is 6.42 Å². The topological polar surface area (TPSA) is 9.23 Å². The van der Waals surface area contributed by atoms with Crippen molar-refractivity contribution in [2.24, 2.45) is 0 Å². The Bertz CT molecular complexity index is 60.7. The van der Waals surface area contributed by atoms with E-state index in [9.17, 15) is 0 Å². The van der Waals surface area contributed by atoms with Crippen LogP contribution in [0, 0.1) is 6.42 Å².